The lowest BCUT2D eigenvalue weighted by atomic mass is 10.2. The van der Waals surface area contributed by atoms with E-state index in [4.69, 9.17) is 0 Å². The lowest BCUT2D eigenvalue weighted by Gasteiger charge is -2.50. The molecule has 0 aromatic rings. The van der Waals surface area contributed by atoms with Gasteiger partial charge in [-0.25, -0.2) is 0 Å². The van der Waals surface area contributed by atoms with Crippen molar-refractivity contribution in [2.75, 3.05) is 6.54 Å². The normalized spacial score (nSPS) is 26.1. The summed E-state index contributed by atoms with van der Waals surface area (Å²) in [4.78, 5) is 41.7. The highest BCUT2D eigenvalue weighted by molar-refractivity contribution is 7.51. The van der Waals surface area contributed by atoms with Crippen LogP contribution in [0, 0.1) is 0 Å². The van der Waals surface area contributed by atoms with Gasteiger partial charge in [-0.2, -0.15) is 4.67 Å². The van der Waals surface area contributed by atoms with Gasteiger partial charge in [0.05, 0.1) is 12.0 Å². The summed E-state index contributed by atoms with van der Waals surface area (Å²) >= 11 is 0. The Morgan fingerprint density at radius 3 is 2.33 bits per heavy atom. The summed E-state index contributed by atoms with van der Waals surface area (Å²) in [5.41, 5.74) is 0. The first-order valence-corrected chi connectivity index (χ1v) is 4.92. The van der Waals surface area contributed by atoms with Gasteiger partial charge in [-0.05, 0) is 12.8 Å². The number of aliphatic carboxylic acids is 1. The van der Waals surface area contributed by atoms with Crippen LogP contribution in [0.2, 0.25) is 0 Å². The van der Waals surface area contributed by atoms with E-state index >= 15 is 0 Å². The molecule has 1 aliphatic rings. The third-order valence-corrected chi connectivity index (χ3v) is 2.92. The van der Waals surface area contributed by atoms with Crippen molar-refractivity contribution >= 4 is 14.1 Å². The lowest BCUT2D eigenvalue weighted by molar-refractivity contribution is -0.445. The Kier molecular flexibility index (Phi) is 2.65. The van der Waals surface area contributed by atoms with Crippen molar-refractivity contribution in [3.63, 3.8) is 0 Å². The van der Waals surface area contributed by atoms with Crippen LogP contribution < -0.4 is 19.8 Å². The maximum Gasteiger partial charge on any atom is 0.0828 e. The first-order valence-electron chi connectivity index (χ1n) is 3.43. The Hall–Kier alpha value is -0.260. The summed E-state index contributed by atoms with van der Waals surface area (Å²) in [6.45, 7) is -0.0110. The van der Waals surface area contributed by atoms with E-state index in [1.807, 2.05) is 0 Å². The van der Waals surface area contributed by atoms with Crippen LogP contribution in [0.25, 0.3) is 0 Å². The van der Waals surface area contributed by atoms with Crippen LogP contribution in [0.3, 0.4) is 0 Å². The molecule has 1 heterocycles. The van der Waals surface area contributed by atoms with Crippen LogP contribution in [-0.2, 0) is 4.79 Å². The molecule has 0 saturated carbocycles. The predicted molar refractivity (Wildman–Crippen MR) is 31.7 cm³/mol. The third kappa shape index (κ3) is 1.91. The van der Waals surface area contributed by atoms with Crippen LogP contribution >= 0.6 is 8.09 Å². The van der Waals surface area contributed by atoms with Gasteiger partial charge < -0.3 is 24.6 Å². The van der Waals surface area contributed by atoms with E-state index in [1.54, 1.807) is 0 Å². The molecule has 1 rings (SSSR count). The number of rotatable bonds is 2. The van der Waals surface area contributed by atoms with Crippen molar-refractivity contribution in [3.05, 3.63) is 0 Å². The quantitative estimate of drug-likeness (QED) is 0.411. The number of nitrogens with zero attached hydrogens (tertiary/aromatic N) is 1. The minimum atomic E-state index is -4.91. The van der Waals surface area contributed by atoms with Gasteiger partial charge in [-0.15, -0.1) is 0 Å². The second-order valence-electron chi connectivity index (χ2n) is 2.61. The van der Waals surface area contributed by atoms with Crippen LogP contribution in [-0.4, -0.2) is 23.2 Å². The molecule has 7 heteroatoms. The van der Waals surface area contributed by atoms with E-state index in [0.29, 0.717) is 11.1 Å². The van der Waals surface area contributed by atoms with Crippen molar-refractivity contribution < 1.29 is 24.6 Å². The third-order valence-electron chi connectivity index (χ3n) is 1.81. The first kappa shape index (κ1) is 9.83. The summed E-state index contributed by atoms with van der Waals surface area (Å²) < 4.78 is 0.447. The summed E-state index contributed by atoms with van der Waals surface area (Å²) in [5, 5.41) is 10.3. The Labute approximate surface area is 69.7 Å². The van der Waals surface area contributed by atoms with Gasteiger partial charge in [0.25, 0.3) is 0 Å². The van der Waals surface area contributed by atoms with Gasteiger partial charge in [-0.3, -0.25) is 0 Å². The smallest absolute Gasteiger partial charge is 0.0828 e. The van der Waals surface area contributed by atoms with Gasteiger partial charge >= 0.3 is 0 Å². The number of carbonyl (C=O) groups excluding carboxylic acids is 1. The molecule has 0 aromatic carbocycles. The average molecular weight is 192 g/mol. The van der Waals surface area contributed by atoms with Crippen molar-refractivity contribution in [2.45, 2.75) is 18.9 Å². The topological polar surface area (TPSA) is 113 Å². The monoisotopic (exact) mass is 192 g/mol. The molecule has 6 nitrogen and oxygen atoms in total. The molecule has 0 unspecified atom stereocenters. The Balaban J connectivity index is 2.71. The summed E-state index contributed by atoms with van der Waals surface area (Å²) in [6, 6.07) is -1.26. The fraction of sp³-hybridized carbons (Fsp3) is 0.800. The molecule has 70 valence electrons. The zero-order valence-electron chi connectivity index (χ0n) is 6.13. The molecule has 0 bridgehead atoms. The number of carboxylic acid groups (broad SMARTS) is 1. The van der Waals surface area contributed by atoms with Gasteiger partial charge in [0.1, 0.15) is 0 Å². The minimum Gasteiger partial charge on any atom is -0.673 e. The Morgan fingerprint density at radius 2 is 2.00 bits per heavy atom. The van der Waals surface area contributed by atoms with E-state index in [9.17, 15) is 24.6 Å². The molecule has 0 N–H and O–H groups in total. The van der Waals surface area contributed by atoms with E-state index < -0.39 is 20.1 Å². The maximum absolute atomic E-state index is 10.5. The largest absolute Gasteiger partial charge is 0.673 e. The van der Waals surface area contributed by atoms with Crippen LogP contribution in [0.15, 0.2) is 0 Å². The Bertz CT molecular complexity index is 191. The van der Waals surface area contributed by atoms with Crippen molar-refractivity contribution in [1.82, 2.24) is 4.67 Å². The zero-order valence-corrected chi connectivity index (χ0v) is 7.03. The minimum absolute atomic E-state index is 0.0110. The molecule has 0 amide bonds. The van der Waals surface area contributed by atoms with E-state index in [0.717, 1.165) is 0 Å². The number of carbonyl (C=O) groups is 1. The molecule has 1 fully saturated rings. The SMILES string of the molecule is O=C([O-])[C@@H]1CCCN1[P+]([O-])([O-])[O-]. The first-order chi connectivity index (χ1) is 5.43. The number of hydrogen-bond donors (Lipinski definition) is 0. The van der Waals surface area contributed by atoms with E-state index in [2.05, 4.69) is 0 Å². The molecule has 1 aliphatic heterocycles. The maximum atomic E-state index is 10.5. The molecular formula is C5H7NO5P-3. The van der Waals surface area contributed by atoms with E-state index in [-0.39, 0.29) is 13.0 Å². The zero-order chi connectivity index (χ0) is 9.35. The standard InChI is InChI=1S/C5H10NO5P/c7-5(8)4-2-1-3-6(4)12(9,10)11/h4H,1-3H2,(H,7,8)(H2,9,10,11)/p-3/t4-/m0/s1. The molecule has 0 radical (unpaired) electrons. The number of carboxylic acids is 1. The lowest BCUT2D eigenvalue weighted by Crippen LogP contribution is -2.52. The molecule has 1 saturated heterocycles. The van der Waals surface area contributed by atoms with Gasteiger partial charge in [0.2, 0.25) is 0 Å². The Morgan fingerprint density at radius 1 is 1.42 bits per heavy atom. The number of hydrogen-bond acceptors (Lipinski definition) is 6. The van der Waals surface area contributed by atoms with Crippen LogP contribution in [0.1, 0.15) is 12.8 Å². The fourth-order valence-electron chi connectivity index (χ4n) is 1.28. The summed E-state index contributed by atoms with van der Waals surface area (Å²) in [7, 11) is -4.91. The van der Waals surface area contributed by atoms with Crippen molar-refractivity contribution in [2.24, 2.45) is 0 Å². The molecule has 12 heavy (non-hydrogen) atoms. The van der Waals surface area contributed by atoms with Crippen LogP contribution in [0.4, 0.5) is 0 Å². The second kappa shape index (κ2) is 3.24. The molecular weight excluding hydrogens is 185 g/mol. The average Bonchev–Trinajstić information content (AvgIpc) is 2.30. The van der Waals surface area contributed by atoms with E-state index in [1.165, 1.54) is 0 Å². The van der Waals surface area contributed by atoms with Gasteiger partial charge in [0, 0.05) is 6.54 Å². The molecule has 0 spiro atoms. The highest BCUT2D eigenvalue weighted by atomic mass is 31.2. The summed E-state index contributed by atoms with van der Waals surface area (Å²) in [5.74, 6) is -1.50. The predicted octanol–water partition coefficient (Wildman–Crippen LogP) is -4.04. The molecule has 0 aliphatic carbocycles. The molecule has 1 atom stereocenters. The highest BCUT2D eigenvalue weighted by Gasteiger charge is 2.31. The van der Waals surface area contributed by atoms with Crippen molar-refractivity contribution in [1.29, 1.82) is 0 Å². The summed E-state index contributed by atoms with van der Waals surface area (Å²) in [6.07, 6.45) is 0.559. The van der Waals surface area contributed by atoms with Gasteiger partial charge in [-0.1, -0.05) is 8.09 Å². The van der Waals surface area contributed by atoms with Crippen LogP contribution in [0.5, 0.6) is 0 Å². The van der Waals surface area contributed by atoms with Gasteiger partial charge in [0.15, 0.2) is 0 Å². The highest BCUT2D eigenvalue weighted by Crippen LogP contribution is 2.40. The van der Waals surface area contributed by atoms with Crippen molar-refractivity contribution in [3.8, 4) is 0 Å². The second-order valence-corrected chi connectivity index (χ2v) is 4.06. The fourth-order valence-corrected chi connectivity index (χ4v) is 2.22. The molecule has 0 aromatic heterocycles.